The van der Waals surface area contributed by atoms with E-state index in [-0.39, 0.29) is 30.9 Å². The predicted octanol–water partition coefficient (Wildman–Crippen LogP) is 4.09. The van der Waals surface area contributed by atoms with Crippen LogP contribution in [0.25, 0.3) is 16.5 Å². The zero-order valence-electron chi connectivity index (χ0n) is 37.4. The van der Waals surface area contributed by atoms with Crippen molar-refractivity contribution in [1.29, 1.82) is 0 Å². The molecule has 1 aromatic heterocycles. The molecule has 6 N–H and O–H groups in total. The Kier molecular flexibility index (Phi) is 12.0. The zero-order chi connectivity index (χ0) is 44.4. The molecule has 62 heavy (non-hydrogen) atoms. The molecule has 3 fully saturated rings. The molecule has 8 rings (SSSR count). The van der Waals surface area contributed by atoms with Gasteiger partial charge in [0.15, 0.2) is 5.60 Å². The molecule has 2 bridgehead atoms. The number of methoxy groups -OCH3 is 2. The van der Waals surface area contributed by atoms with E-state index in [9.17, 15) is 30.0 Å². The van der Waals surface area contributed by atoms with Gasteiger partial charge >= 0.3 is 5.97 Å². The molecule has 5 aliphatic rings. The molecular formula is C49H67N5O8. The number of ether oxygens (including phenoxy) is 2. The molecule has 4 aliphatic heterocycles. The number of nitrogens with zero attached hydrogens (tertiary/aromatic N) is 3. The molecule has 0 radical (unpaired) electrons. The number of hydrogen-bond donors (Lipinski definition) is 6. The van der Waals surface area contributed by atoms with Crippen LogP contribution in [0.4, 0.5) is 5.69 Å². The van der Waals surface area contributed by atoms with E-state index < -0.39 is 46.2 Å². The number of amides is 1. The fourth-order valence-electron chi connectivity index (χ4n) is 12.6. The van der Waals surface area contributed by atoms with Gasteiger partial charge in [-0.25, -0.2) is 0 Å². The lowest BCUT2D eigenvalue weighted by Gasteiger charge is -2.53. The number of aliphatic hydroxyl groups is 4. The molecule has 1 saturated carbocycles. The first-order chi connectivity index (χ1) is 29.6. The lowest BCUT2D eigenvalue weighted by atomic mass is 9.63. The fourth-order valence-corrected chi connectivity index (χ4v) is 12.6. The normalized spacial score (nSPS) is 32.2. The van der Waals surface area contributed by atoms with Crippen molar-refractivity contribution in [2.24, 2.45) is 11.3 Å². The van der Waals surface area contributed by atoms with E-state index in [0.717, 1.165) is 64.2 Å². The highest BCUT2D eigenvalue weighted by molar-refractivity contribution is 5.90. The average molecular weight is 854 g/mol. The molecule has 3 aromatic rings. The summed E-state index contributed by atoms with van der Waals surface area (Å²) in [7, 11) is 4.95. The molecule has 9 atom stereocenters. The molecule has 1 spiro atoms. The Morgan fingerprint density at radius 1 is 1.11 bits per heavy atom. The van der Waals surface area contributed by atoms with Gasteiger partial charge in [-0.3, -0.25) is 19.4 Å². The lowest BCUT2D eigenvalue weighted by molar-refractivity contribution is -0.172. The summed E-state index contributed by atoms with van der Waals surface area (Å²) in [5.41, 5.74) is 1.80. The van der Waals surface area contributed by atoms with E-state index in [1.54, 1.807) is 14.0 Å². The van der Waals surface area contributed by atoms with Crippen LogP contribution in [0.5, 0.6) is 5.75 Å². The van der Waals surface area contributed by atoms with Crippen LogP contribution in [0.2, 0.25) is 0 Å². The number of para-hydroxylation sites is 1. The average Bonchev–Trinajstić information content (AvgIpc) is 3.70. The minimum atomic E-state index is -2.24. The van der Waals surface area contributed by atoms with Crippen LogP contribution in [0.15, 0.2) is 55.1 Å². The van der Waals surface area contributed by atoms with Crippen molar-refractivity contribution in [3.05, 3.63) is 77.5 Å². The second-order valence-corrected chi connectivity index (χ2v) is 19.2. The third kappa shape index (κ3) is 7.17. The summed E-state index contributed by atoms with van der Waals surface area (Å²) in [6.07, 6.45) is 6.37. The number of fused-ring (bicyclic) bond motifs is 2. The number of carbonyl (C=O) groups is 2. The summed E-state index contributed by atoms with van der Waals surface area (Å²) in [5.74, 6) is -0.266. The van der Waals surface area contributed by atoms with E-state index in [0.29, 0.717) is 63.8 Å². The van der Waals surface area contributed by atoms with Crippen LogP contribution in [0, 0.1) is 11.3 Å². The van der Waals surface area contributed by atoms with Crippen molar-refractivity contribution < 1.29 is 39.5 Å². The van der Waals surface area contributed by atoms with E-state index in [4.69, 9.17) is 9.47 Å². The van der Waals surface area contributed by atoms with Crippen molar-refractivity contribution in [3.8, 4) is 5.75 Å². The highest BCUT2D eigenvalue weighted by atomic mass is 16.5. The molecule has 1 amide bonds. The molecule has 336 valence electrons. The van der Waals surface area contributed by atoms with Gasteiger partial charge in [-0.15, -0.1) is 0 Å². The minimum Gasteiger partial charge on any atom is -0.496 e. The largest absolute Gasteiger partial charge is 0.496 e. The Morgan fingerprint density at radius 2 is 1.89 bits per heavy atom. The molecule has 13 heteroatoms. The topological polar surface area (TPSA) is 171 Å². The molecule has 5 heterocycles. The van der Waals surface area contributed by atoms with Gasteiger partial charge in [-0.05, 0) is 93.2 Å². The predicted molar refractivity (Wildman–Crippen MR) is 240 cm³/mol. The Bertz CT molecular complexity index is 2240. The van der Waals surface area contributed by atoms with Crippen molar-refractivity contribution >= 4 is 34.0 Å². The zero-order valence-corrected chi connectivity index (χ0v) is 37.4. The van der Waals surface area contributed by atoms with E-state index >= 15 is 0 Å². The van der Waals surface area contributed by atoms with E-state index in [1.807, 2.05) is 56.1 Å². The third-order valence-corrected chi connectivity index (χ3v) is 15.7. The second-order valence-electron chi connectivity index (χ2n) is 19.2. The first-order valence-electron chi connectivity index (χ1n) is 22.6. The number of H-pyrrole nitrogens is 1. The van der Waals surface area contributed by atoms with Gasteiger partial charge in [0.1, 0.15) is 11.9 Å². The maximum atomic E-state index is 14.5. The number of aliphatic hydroxyl groups excluding tert-OH is 2. The van der Waals surface area contributed by atoms with Crippen molar-refractivity contribution in [3.63, 3.8) is 0 Å². The number of aromatic amines is 1. The maximum Gasteiger partial charge on any atom is 0.311 e. The number of allylic oxidation sites excluding steroid dienone is 1. The van der Waals surface area contributed by atoms with Gasteiger partial charge < -0.3 is 45.1 Å². The number of β-amino-alcohol motifs (C(OH)–C–C–N with tert-alkyl or cyclic N) is 1. The SMILES string of the molecule is C=C(CC1CN(CCc2c(CC(=O)OC)[nH]c3ccccc23)CC(O)(CC)C1)c1cc2c(cc1OC)N(C)C1C23CCN2CC=C[C@](CC)(C2C3)[C@@H](O)[C@]1(O)C(=O)NC[C@@H](C)O. The second kappa shape index (κ2) is 16.7. The van der Waals surface area contributed by atoms with Gasteiger partial charge in [0.25, 0.3) is 5.91 Å². The van der Waals surface area contributed by atoms with Gasteiger partial charge in [-0.1, -0.05) is 50.8 Å². The number of likely N-dealkylation sites (tertiary alicyclic amines) is 1. The van der Waals surface area contributed by atoms with Crippen LogP contribution in [-0.2, 0) is 32.6 Å². The summed E-state index contributed by atoms with van der Waals surface area (Å²) >= 11 is 0. The van der Waals surface area contributed by atoms with Gasteiger partial charge in [-0.2, -0.15) is 0 Å². The number of piperidine rings is 2. The monoisotopic (exact) mass is 853 g/mol. The third-order valence-electron chi connectivity index (χ3n) is 15.7. The lowest BCUT2D eigenvalue weighted by Crippen LogP contribution is -2.71. The van der Waals surface area contributed by atoms with E-state index in [1.165, 1.54) is 7.11 Å². The number of hydrogen-bond acceptors (Lipinski definition) is 11. The standard InChI is InChI=1S/C49H67N5O8/c1-8-46(59)25-32(28-53(29-46)19-15-34-33-13-10-11-14-37(33)51-38(34)23-42(56)62-7)21-30(3)35-22-36-39(24-40(35)61-6)52(5)43-48(36)17-20-54-18-12-16-47(9-2,41(54)26-48)44(57)49(43,60)45(58)50-27-31(4)55/h10-14,16,22,24,31-32,41,43-44,51,55,57,59-60H,3,8-9,15,17-21,23,25-29H2,1-2,4-7H3,(H,50,58)/t31-,32?,41?,43?,44-,46?,47-,48?,49+/m1/s1. The number of carbonyl (C=O) groups excluding carboxylic acids is 2. The van der Waals surface area contributed by atoms with Crippen LogP contribution >= 0.6 is 0 Å². The minimum absolute atomic E-state index is 0.0578. The smallest absolute Gasteiger partial charge is 0.311 e. The number of rotatable bonds is 14. The Labute approximate surface area is 365 Å². The van der Waals surface area contributed by atoms with Crippen molar-refractivity contribution in [2.75, 3.05) is 65.4 Å². The van der Waals surface area contributed by atoms with Crippen LogP contribution in [0.3, 0.4) is 0 Å². The van der Waals surface area contributed by atoms with Gasteiger partial charge in [0, 0.05) is 90.6 Å². The number of aromatic nitrogens is 1. The van der Waals surface area contributed by atoms with Crippen LogP contribution in [0.1, 0.15) is 81.7 Å². The summed E-state index contributed by atoms with van der Waals surface area (Å²) in [5, 5.41) is 51.9. The fraction of sp³-hybridized carbons (Fsp3) is 0.592. The van der Waals surface area contributed by atoms with Crippen LogP contribution in [-0.4, -0.2) is 143 Å². The molecule has 13 nitrogen and oxygen atoms in total. The quantitative estimate of drug-likeness (QED) is 0.102. The summed E-state index contributed by atoms with van der Waals surface area (Å²) in [6, 6.07) is 11.3. The molecule has 2 saturated heterocycles. The summed E-state index contributed by atoms with van der Waals surface area (Å²) in [4.78, 5) is 37.1. The molecule has 5 unspecified atom stereocenters. The number of benzene rings is 2. The van der Waals surface area contributed by atoms with E-state index in [2.05, 4.69) is 44.9 Å². The number of esters is 1. The molecular weight excluding hydrogens is 787 g/mol. The Morgan fingerprint density at radius 3 is 2.60 bits per heavy atom. The first kappa shape index (κ1) is 44.4. The van der Waals surface area contributed by atoms with Crippen molar-refractivity contribution in [2.45, 2.75) is 113 Å². The molecule has 2 aromatic carbocycles. The molecule has 1 aliphatic carbocycles. The van der Waals surface area contributed by atoms with Crippen molar-refractivity contribution in [1.82, 2.24) is 20.1 Å². The number of likely N-dealkylation sites (N-methyl/N-ethyl adjacent to an activating group) is 1. The van der Waals surface area contributed by atoms with Gasteiger partial charge in [0.05, 0.1) is 38.4 Å². The number of nitrogens with one attached hydrogen (secondary N) is 2. The summed E-state index contributed by atoms with van der Waals surface area (Å²) < 4.78 is 11.1. The highest BCUT2D eigenvalue weighted by Crippen LogP contribution is 2.63. The van der Waals surface area contributed by atoms with Gasteiger partial charge in [0.2, 0.25) is 0 Å². The first-order valence-corrected chi connectivity index (χ1v) is 22.6. The number of anilines is 1. The summed E-state index contributed by atoms with van der Waals surface area (Å²) in [6.45, 7) is 13.7. The Hall–Kier alpha value is -4.24. The highest BCUT2D eigenvalue weighted by Gasteiger charge is 2.72. The van der Waals surface area contributed by atoms with Crippen LogP contribution < -0.4 is 15.0 Å². The Balaban J connectivity index is 1.12. The maximum absolute atomic E-state index is 14.5.